The zero-order chi connectivity index (χ0) is 66.7. The van der Waals surface area contributed by atoms with Crippen LogP contribution in [0.25, 0.3) is 0 Å². The van der Waals surface area contributed by atoms with Crippen molar-refractivity contribution in [1.82, 2.24) is 10.6 Å². The molecule has 0 aromatic heterocycles. The molecule has 3 saturated carbocycles. The fourth-order valence-corrected chi connectivity index (χ4v) is 14.5. The fraction of sp³-hybridized carbons (Fsp3) is 0.563. The summed E-state index contributed by atoms with van der Waals surface area (Å²) in [6, 6.07) is 18.9. The van der Waals surface area contributed by atoms with Gasteiger partial charge in [-0.2, -0.15) is 0 Å². The van der Waals surface area contributed by atoms with E-state index in [0.717, 1.165) is 28.5 Å². The van der Waals surface area contributed by atoms with Crippen molar-refractivity contribution in [3.8, 4) is 23.3 Å². The molecule has 3 aromatic rings. The lowest BCUT2D eigenvalue weighted by Gasteiger charge is -2.63. The highest BCUT2D eigenvalue weighted by Crippen LogP contribution is 2.72. The Morgan fingerprint density at radius 2 is 1.51 bits per heavy atom. The van der Waals surface area contributed by atoms with Crippen LogP contribution >= 0.6 is 0 Å². The van der Waals surface area contributed by atoms with Gasteiger partial charge >= 0.3 is 0 Å². The number of methoxy groups -OCH3 is 1. The van der Waals surface area contributed by atoms with E-state index in [2.05, 4.69) is 27.8 Å². The number of aliphatic hydroxyl groups excluding tert-OH is 1. The molecule has 502 valence electrons. The standard InChI is InChI=1S/C71H88F2N4O16/c1-8-13-65-92-61-40-51-52-39-54(72)53-37-49(78)24-26-68(53,5)70(52,73)59(80)41-69(51,6)71(61,93-65)60(81)43-91-50-20-21-55(58(38-50)86-7)75-67(85)45(4)36-57(79)66(44(2)3)76-63(83)25-28-87-30-32-89-34-35-90-33-31-88-29-27-74-62(82)22-23-64(84)77-42-48-16-10-9-14-46(48)18-19-47-15-11-12-17-56(47)77/h9-12,14-17,20-21,24,26,37-38,44-45,51-52,54,59,61,65-66,80H,8,13,22-23,25,27-36,39-43H2,1-7H3,(H,74,82)(H,75,85)(H,76,83)/t45-,51+,52+,54+,59+,61-,65?,66+,68+,69+,70+,71-/m1/s1. The molecule has 4 aliphatic carbocycles. The number of fused-ring (bicyclic) bond motifs is 9. The number of carbonyl (C=O) groups excluding carboxylic acids is 7. The largest absolute Gasteiger partial charge is 0.494 e. The Kier molecular flexibility index (Phi) is 23.3. The summed E-state index contributed by atoms with van der Waals surface area (Å²) in [4.78, 5) is 95.1. The highest BCUT2D eigenvalue weighted by atomic mass is 19.1. The topological polar surface area (TPSA) is 253 Å². The molecule has 93 heavy (non-hydrogen) atoms. The molecular formula is C71H88F2N4O16. The number of ether oxygens (including phenoxy) is 8. The Balaban J connectivity index is 0.638. The van der Waals surface area contributed by atoms with Crippen LogP contribution in [0.3, 0.4) is 0 Å². The number of hydrogen-bond donors (Lipinski definition) is 4. The predicted octanol–water partition coefficient (Wildman–Crippen LogP) is 7.83. The van der Waals surface area contributed by atoms with Gasteiger partial charge in [-0.05, 0) is 98.1 Å². The SMILES string of the molecule is CCCC1O[C@@H]2C[C@H]3[C@@H]4C[C@H](F)C5=CC(=O)C=C[C@]5(C)[C@@]4(F)[C@@H](O)C[C@]3(C)[C@]2(C(=O)COc2ccc(NC(=O)[C@H](C)CC(=O)[C@@H](NC(=O)CCOCCOCCOCCOCCNC(=O)CCC(=O)N3Cc4ccccc4C#Cc4ccccc43)C(C)C)c(OC)c2)O1. The summed E-state index contributed by atoms with van der Waals surface area (Å²) in [6.07, 6.45) is -0.435. The maximum Gasteiger partial charge on any atom is 0.227 e. The van der Waals surface area contributed by atoms with Crippen LogP contribution in [0.5, 0.6) is 11.5 Å². The lowest BCUT2D eigenvalue weighted by Crippen LogP contribution is -2.71. The number of rotatable bonds is 32. The van der Waals surface area contributed by atoms with Crippen molar-refractivity contribution in [2.75, 3.05) is 83.3 Å². The molecule has 2 heterocycles. The van der Waals surface area contributed by atoms with Crippen molar-refractivity contribution in [1.29, 1.82) is 0 Å². The van der Waals surface area contributed by atoms with E-state index in [1.165, 1.54) is 44.4 Å². The van der Waals surface area contributed by atoms with E-state index in [0.29, 0.717) is 45.8 Å². The van der Waals surface area contributed by atoms with E-state index < -0.39 is 101 Å². The summed E-state index contributed by atoms with van der Waals surface area (Å²) < 4.78 is 81.3. The van der Waals surface area contributed by atoms with Crippen molar-refractivity contribution >= 4 is 52.4 Å². The number of ketones is 3. The van der Waals surface area contributed by atoms with Crippen molar-refractivity contribution in [3.63, 3.8) is 0 Å². The average molecular weight is 1290 g/mol. The lowest BCUT2D eigenvalue weighted by atomic mass is 9.44. The number of carbonyl (C=O) groups is 7. The molecule has 0 spiro atoms. The molecular weight excluding hydrogens is 1200 g/mol. The number of benzene rings is 3. The molecule has 4 amide bonds. The number of nitrogens with zero attached hydrogens (tertiary/aromatic N) is 1. The molecule has 22 heteroatoms. The minimum Gasteiger partial charge on any atom is -0.494 e. The Hall–Kier alpha value is -7.23. The van der Waals surface area contributed by atoms with Crippen LogP contribution in [0.4, 0.5) is 20.2 Å². The smallest absolute Gasteiger partial charge is 0.227 e. The number of para-hydroxylation sites is 1. The van der Waals surface area contributed by atoms with Crippen LogP contribution in [-0.4, -0.2) is 161 Å². The minimum absolute atomic E-state index is 0.00645. The van der Waals surface area contributed by atoms with Gasteiger partial charge < -0.3 is 63.9 Å². The van der Waals surface area contributed by atoms with E-state index in [4.69, 9.17) is 37.9 Å². The van der Waals surface area contributed by atoms with Gasteiger partial charge in [0.05, 0.1) is 96.1 Å². The summed E-state index contributed by atoms with van der Waals surface area (Å²) in [5.41, 5.74) is -3.29. The van der Waals surface area contributed by atoms with E-state index in [1.807, 2.05) is 55.5 Å². The number of nitrogens with one attached hydrogen (secondary N) is 3. The number of allylic oxidation sites excluding steroid dienone is 4. The molecule has 2 aliphatic heterocycles. The van der Waals surface area contributed by atoms with E-state index in [-0.39, 0.29) is 124 Å². The summed E-state index contributed by atoms with van der Waals surface area (Å²) >= 11 is 0. The minimum atomic E-state index is -2.35. The Bertz CT molecular complexity index is 3370. The van der Waals surface area contributed by atoms with E-state index in [9.17, 15) is 38.7 Å². The number of hydrogen-bond acceptors (Lipinski definition) is 16. The first-order chi connectivity index (χ1) is 44.6. The summed E-state index contributed by atoms with van der Waals surface area (Å²) in [7, 11) is 1.39. The first kappa shape index (κ1) is 70.1. The molecule has 20 nitrogen and oxygen atoms in total. The van der Waals surface area contributed by atoms with Gasteiger partial charge in [-0.15, -0.1) is 0 Å². The zero-order valence-electron chi connectivity index (χ0n) is 54.2. The van der Waals surface area contributed by atoms with Crippen molar-refractivity contribution in [2.24, 2.45) is 34.5 Å². The number of Topliss-reactive ketones (excluding diaryl/α,β-unsaturated/α-hetero) is 2. The van der Waals surface area contributed by atoms with Gasteiger partial charge in [-0.25, -0.2) is 8.78 Å². The fourth-order valence-electron chi connectivity index (χ4n) is 14.5. The zero-order valence-corrected chi connectivity index (χ0v) is 54.2. The molecule has 1 saturated heterocycles. The van der Waals surface area contributed by atoms with Gasteiger partial charge in [0.1, 0.15) is 24.3 Å². The molecule has 3 aromatic carbocycles. The Morgan fingerprint density at radius 3 is 2.22 bits per heavy atom. The third-order valence-corrected chi connectivity index (χ3v) is 19.3. The molecule has 4 fully saturated rings. The van der Waals surface area contributed by atoms with Gasteiger partial charge in [0.25, 0.3) is 0 Å². The number of alkyl halides is 2. The number of aliphatic hydroxyl groups is 1. The molecule has 0 radical (unpaired) electrons. The quantitative estimate of drug-likeness (QED) is 0.0343. The maximum atomic E-state index is 18.0. The molecule has 4 N–H and O–H groups in total. The Morgan fingerprint density at radius 1 is 0.828 bits per heavy atom. The third kappa shape index (κ3) is 15.2. The maximum absolute atomic E-state index is 18.0. The second-order valence-electron chi connectivity index (χ2n) is 25.7. The molecule has 12 atom stereocenters. The highest BCUT2D eigenvalue weighted by Gasteiger charge is 2.80. The van der Waals surface area contributed by atoms with E-state index in [1.54, 1.807) is 32.6 Å². The van der Waals surface area contributed by atoms with Gasteiger partial charge in [-0.3, -0.25) is 33.6 Å². The highest BCUT2D eigenvalue weighted by molar-refractivity contribution is 6.02. The molecule has 1 unspecified atom stereocenters. The van der Waals surface area contributed by atoms with Crippen LogP contribution < -0.4 is 30.3 Å². The average Bonchev–Trinajstić information content (AvgIpc) is 1.58. The van der Waals surface area contributed by atoms with Crippen molar-refractivity contribution < 1.29 is 85.3 Å². The van der Waals surface area contributed by atoms with Crippen LogP contribution in [0.1, 0.15) is 116 Å². The van der Waals surface area contributed by atoms with Gasteiger partial charge in [0.2, 0.25) is 29.4 Å². The third-order valence-electron chi connectivity index (χ3n) is 19.3. The first-order valence-electron chi connectivity index (χ1n) is 32.4. The summed E-state index contributed by atoms with van der Waals surface area (Å²) in [6.45, 7) is 12.7. The normalized spacial score (nSPS) is 27.0. The number of anilines is 2. The molecule has 0 bridgehead atoms. The van der Waals surface area contributed by atoms with Crippen LogP contribution in [0, 0.1) is 46.3 Å². The monoisotopic (exact) mass is 1290 g/mol. The predicted molar refractivity (Wildman–Crippen MR) is 339 cm³/mol. The van der Waals surface area contributed by atoms with Gasteiger partial charge in [0.15, 0.2) is 29.1 Å². The second kappa shape index (κ2) is 30.9. The van der Waals surface area contributed by atoms with Crippen LogP contribution in [0.15, 0.2) is 90.5 Å². The van der Waals surface area contributed by atoms with Crippen molar-refractivity contribution in [3.05, 3.63) is 107 Å². The van der Waals surface area contributed by atoms with Gasteiger partial charge in [-0.1, -0.05) is 89.3 Å². The summed E-state index contributed by atoms with van der Waals surface area (Å²) in [5.74, 6) is 1.42. The number of halogens is 2. The van der Waals surface area contributed by atoms with E-state index >= 15 is 8.78 Å². The van der Waals surface area contributed by atoms with Gasteiger partial charge in [0, 0.05) is 72.1 Å². The van der Waals surface area contributed by atoms with Crippen LogP contribution in [0.2, 0.25) is 0 Å². The molecule has 9 rings (SSSR count). The second-order valence-corrected chi connectivity index (χ2v) is 25.7. The molecule has 6 aliphatic rings. The first-order valence-corrected chi connectivity index (χ1v) is 32.4. The Labute approximate surface area is 542 Å². The lowest BCUT2D eigenvalue weighted by molar-refractivity contribution is -0.234. The van der Waals surface area contributed by atoms with Crippen LogP contribution in [-0.2, 0) is 68.5 Å². The van der Waals surface area contributed by atoms with Crippen molar-refractivity contribution in [2.45, 2.75) is 148 Å². The number of amides is 4. The summed E-state index contributed by atoms with van der Waals surface area (Å²) in [5, 5.41) is 20.4.